The van der Waals surface area contributed by atoms with Gasteiger partial charge in [-0.05, 0) is 45.1 Å². The summed E-state index contributed by atoms with van der Waals surface area (Å²) in [6.45, 7) is 1.27. The number of rotatable bonds is 9. The Morgan fingerprint density at radius 3 is 1.94 bits per heavy atom. The topological polar surface area (TPSA) is 52.5 Å². The molecule has 1 rings (SSSR count). The van der Waals surface area contributed by atoms with Crippen molar-refractivity contribution in [2.75, 3.05) is 13.2 Å². The van der Waals surface area contributed by atoms with Gasteiger partial charge in [0.2, 0.25) is 0 Å². The molecule has 0 unspecified atom stereocenters. The molecule has 1 fully saturated rings. The summed E-state index contributed by atoms with van der Waals surface area (Å²) >= 11 is 0. The smallest absolute Gasteiger partial charge is 0.116 e. The lowest BCUT2D eigenvalue weighted by Crippen LogP contribution is -2.45. The Hall–Kier alpha value is -0.120. The summed E-state index contributed by atoms with van der Waals surface area (Å²) < 4.78 is 0. The van der Waals surface area contributed by atoms with E-state index in [0.717, 1.165) is 51.5 Å². The molecule has 0 aromatic heterocycles. The Kier molecular flexibility index (Phi) is 8.64. The van der Waals surface area contributed by atoms with E-state index in [1.165, 1.54) is 32.1 Å². The Morgan fingerprint density at radius 1 is 0.778 bits per heavy atom. The zero-order chi connectivity index (χ0) is 13.1. The van der Waals surface area contributed by atoms with Crippen LogP contribution < -0.4 is 5.32 Å². The zero-order valence-corrected chi connectivity index (χ0v) is 11.8. The van der Waals surface area contributed by atoms with E-state index in [2.05, 4.69) is 5.32 Å². The molecule has 1 aliphatic carbocycles. The van der Waals surface area contributed by atoms with Crippen LogP contribution in [0, 0.1) is 0 Å². The molecule has 108 valence electrons. The monoisotopic (exact) mass is 257 g/mol. The summed E-state index contributed by atoms with van der Waals surface area (Å²) in [6.07, 6.45) is 13.7. The van der Waals surface area contributed by atoms with Crippen LogP contribution in [0.2, 0.25) is 0 Å². The van der Waals surface area contributed by atoms with Crippen molar-refractivity contribution >= 4 is 0 Å². The summed E-state index contributed by atoms with van der Waals surface area (Å²) in [5.74, 6) is 0. The summed E-state index contributed by atoms with van der Waals surface area (Å²) in [4.78, 5) is 0. The Bertz CT molecular complexity index is 189. The predicted octanol–water partition coefficient (Wildman–Crippen LogP) is 2.95. The van der Waals surface area contributed by atoms with E-state index >= 15 is 0 Å². The first kappa shape index (κ1) is 15.9. The van der Waals surface area contributed by atoms with Gasteiger partial charge >= 0.3 is 0 Å². The Morgan fingerprint density at radius 2 is 1.33 bits per heavy atom. The van der Waals surface area contributed by atoms with Crippen LogP contribution in [0.25, 0.3) is 0 Å². The van der Waals surface area contributed by atoms with Crippen LogP contribution in [-0.4, -0.2) is 29.1 Å². The second-order valence-electron chi connectivity index (χ2n) is 5.72. The van der Waals surface area contributed by atoms with Gasteiger partial charge in [-0.15, -0.1) is 0 Å². The molecule has 1 saturated carbocycles. The molecule has 0 atom stereocenters. The fourth-order valence-electron chi connectivity index (χ4n) is 2.76. The maximum atomic E-state index is 10.4. The number of hydrogen-bond acceptors (Lipinski definition) is 3. The van der Waals surface area contributed by atoms with Crippen molar-refractivity contribution < 1.29 is 10.2 Å². The molecule has 0 aliphatic heterocycles. The van der Waals surface area contributed by atoms with Crippen LogP contribution in [0.1, 0.15) is 77.0 Å². The molecule has 3 heteroatoms. The van der Waals surface area contributed by atoms with Crippen molar-refractivity contribution in [2.24, 2.45) is 0 Å². The van der Waals surface area contributed by atoms with Crippen molar-refractivity contribution in [3.05, 3.63) is 0 Å². The third-order valence-electron chi connectivity index (χ3n) is 3.97. The van der Waals surface area contributed by atoms with Gasteiger partial charge < -0.3 is 10.2 Å². The second kappa shape index (κ2) is 9.76. The first-order valence-electron chi connectivity index (χ1n) is 7.85. The van der Waals surface area contributed by atoms with Gasteiger partial charge in [0, 0.05) is 6.61 Å². The van der Waals surface area contributed by atoms with E-state index < -0.39 is 5.72 Å². The number of unbranched alkanes of at least 4 members (excludes halogenated alkanes) is 5. The summed E-state index contributed by atoms with van der Waals surface area (Å²) in [6, 6.07) is 0. The molecule has 1 aliphatic rings. The molecule has 0 spiro atoms. The van der Waals surface area contributed by atoms with Gasteiger partial charge in [0.05, 0.1) is 0 Å². The van der Waals surface area contributed by atoms with Crippen molar-refractivity contribution in [3.63, 3.8) is 0 Å². The van der Waals surface area contributed by atoms with Crippen molar-refractivity contribution in [3.8, 4) is 0 Å². The SMILES string of the molecule is OCCCCCCCCNC1(O)CCCCCC1. The number of hydrogen-bond donors (Lipinski definition) is 3. The number of nitrogens with one attached hydrogen (secondary N) is 1. The summed E-state index contributed by atoms with van der Waals surface area (Å²) in [5, 5.41) is 22.4. The highest BCUT2D eigenvalue weighted by molar-refractivity contribution is 4.78. The minimum atomic E-state index is -0.576. The van der Waals surface area contributed by atoms with Gasteiger partial charge in [-0.1, -0.05) is 38.5 Å². The summed E-state index contributed by atoms with van der Waals surface area (Å²) in [7, 11) is 0. The van der Waals surface area contributed by atoms with E-state index in [9.17, 15) is 5.11 Å². The second-order valence-corrected chi connectivity index (χ2v) is 5.72. The van der Waals surface area contributed by atoms with E-state index in [0.29, 0.717) is 6.61 Å². The molecule has 0 heterocycles. The molecular formula is C15H31NO2. The molecule has 0 aromatic rings. The molecule has 0 aromatic carbocycles. The maximum absolute atomic E-state index is 10.4. The van der Waals surface area contributed by atoms with Gasteiger partial charge in [0.1, 0.15) is 5.72 Å². The molecular weight excluding hydrogens is 226 g/mol. The van der Waals surface area contributed by atoms with Crippen LogP contribution >= 0.6 is 0 Å². The van der Waals surface area contributed by atoms with Gasteiger partial charge in [0.15, 0.2) is 0 Å². The lowest BCUT2D eigenvalue weighted by molar-refractivity contribution is -0.00907. The highest BCUT2D eigenvalue weighted by Gasteiger charge is 2.26. The van der Waals surface area contributed by atoms with Crippen LogP contribution in [0.5, 0.6) is 0 Å². The van der Waals surface area contributed by atoms with Gasteiger partial charge in [0.25, 0.3) is 0 Å². The molecule has 0 amide bonds. The lowest BCUT2D eigenvalue weighted by atomic mass is 10.0. The lowest BCUT2D eigenvalue weighted by Gasteiger charge is -2.28. The fourth-order valence-corrected chi connectivity index (χ4v) is 2.76. The first-order valence-corrected chi connectivity index (χ1v) is 7.85. The standard InChI is InChI=1S/C15H31NO2/c17-14-10-6-2-1-5-9-13-16-15(18)11-7-3-4-8-12-15/h16-18H,1-14H2. The Balaban J connectivity index is 1.95. The Labute approximate surface area is 112 Å². The minimum Gasteiger partial charge on any atom is -0.396 e. The molecule has 0 bridgehead atoms. The normalized spacial score (nSPS) is 19.7. The van der Waals surface area contributed by atoms with Crippen molar-refractivity contribution in [2.45, 2.75) is 82.8 Å². The molecule has 0 saturated heterocycles. The highest BCUT2D eigenvalue weighted by Crippen LogP contribution is 2.24. The molecule has 3 nitrogen and oxygen atoms in total. The maximum Gasteiger partial charge on any atom is 0.116 e. The van der Waals surface area contributed by atoms with Gasteiger partial charge in [-0.3, -0.25) is 5.32 Å². The van der Waals surface area contributed by atoms with Crippen LogP contribution in [0.4, 0.5) is 0 Å². The van der Waals surface area contributed by atoms with Crippen LogP contribution in [0.15, 0.2) is 0 Å². The number of aliphatic hydroxyl groups excluding tert-OH is 1. The van der Waals surface area contributed by atoms with E-state index in [1.54, 1.807) is 0 Å². The van der Waals surface area contributed by atoms with Gasteiger partial charge in [-0.25, -0.2) is 0 Å². The average molecular weight is 257 g/mol. The average Bonchev–Trinajstić information content (AvgIpc) is 2.58. The molecule has 3 N–H and O–H groups in total. The van der Waals surface area contributed by atoms with Crippen LogP contribution in [-0.2, 0) is 0 Å². The summed E-state index contributed by atoms with van der Waals surface area (Å²) in [5.41, 5.74) is -0.576. The van der Waals surface area contributed by atoms with Crippen molar-refractivity contribution in [1.29, 1.82) is 0 Å². The van der Waals surface area contributed by atoms with E-state index in [-0.39, 0.29) is 0 Å². The predicted molar refractivity (Wildman–Crippen MR) is 75.4 cm³/mol. The van der Waals surface area contributed by atoms with Crippen LogP contribution in [0.3, 0.4) is 0 Å². The quantitative estimate of drug-likeness (QED) is 0.338. The molecule has 0 radical (unpaired) electrons. The third kappa shape index (κ3) is 7.34. The zero-order valence-electron chi connectivity index (χ0n) is 11.8. The van der Waals surface area contributed by atoms with E-state index in [4.69, 9.17) is 5.11 Å². The molecule has 18 heavy (non-hydrogen) atoms. The van der Waals surface area contributed by atoms with Crippen molar-refractivity contribution in [1.82, 2.24) is 5.32 Å². The number of aliphatic hydroxyl groups is 2. The fraction of sp³-hybridized carbons (Fsp3) is 1.00. The minimum absolute atomic E-state index is 0.328. The van der Waals surface area contributed by atoms with E-state index in [1.807, 2.05) is 0 Å². The largest absolute Gasteiger partial charge is 0.396 e. The highest BCUT2D eigenvalue weighted by atomic mass is 16.3. The van der Waals surface area contributed by atoms with Gasteiger partial charge in [-0.2, -0.15) is 0 Å². The first-order chi connectivity index (χ1) is 8.77. The third-order valence-corrected chi connectivity index (χ3v) is 3.97.